The van der Waals surface area contributed by atoms with Gasteiger partial charge in [-0.15, -0.1) is 11.3 Å². The van der Waals surface area contributed by atoms with E-state index in [0.29, 0.717) is 0 Å². The number of hydrogen-bond acceptors (Lipinski definition) is 3. The van der Waals surface area contributed by atoms with E-state index in [9.17, 15) is 9.18 Å². The number of Topliss-reactive ketones (excluding diaryl/α,β-unsaturated/α-hetero) is 1. The lowest BCUT2D eigenvalue weighted by atomic mass is 10.0. The van der Waals surface area contributed by atoms with E-state index in [1.165, 1.54) is 16.5 Å². The maximum atomic E-state index is 13.6. The number of hydrogen-bond donors (Lipinski definition) is 0. The van der Waals surface area contributed by atoms with E-state index in [1.54, 1.807) is 29.5 Å². The summed E-state index contributed by atoms with van der Waals surface area (Å²) >= 11 is 1.78. The number of carbonyl (C=O) groups is 1. The zero-order valence-electron chi connectivity index (χ0n) is 11.3. The quantitative estimate of drug-likeness (QED) is 0.803. The molecule has 104 valence electrons. The van der Waals surface area contributed by atoms with Crippen LogP contribution in [0, 0.1) is 5.82 Å². The van der Waals surface area contributed by atoms with Crippen molar-refractivity contribution in [2.24, 2.45) is 0 Å². The van der Waals surface area contributed by atoms with Gasteiger partial charge in [-0.2, -0.15) is 0 Å². The Hall–Kier alpha value is -1.52. The van der Waals surface area contributed by atoms with Crippen LogP contribution in [0.3, 0.4) is 0 Å². The summed E-state index contributed by atoms with van der Waals surface area (Å²) in [5, 5.41) is 2.10. The summed E-state index contributed by atoms with van der Waals surface area (Å²) in [6, 6.07) is 8.55. The van der Waals surface area contributed by atoms with Crippen molar-refractivity contribution >= 4 is 17.1 Å². The highest BCUT2D eigenvalue weighted by molar-refractivity contribution is 7.10. The molecule has 0 amide bonds. The third kappa shape index (κ3) is 2.41. The molecule has 2 nitrogen and oxygen atoms in total. The van der Waals surface area contributed by atoms with Crippen molar-refractivity contribution in [2.45, 2.75) is 19.4 Å². The minimum atomic E-state index is -0.432. The molecule has 0 spiro atoms. The van der Waals surface area contributed by atoms with Crippen LogP contribution in [0.5, 0.6) is 0 Å². The molecule has 1 aliphatic heterocycles. The van der Waals surface area contributed by atoms with Crippen molar-refractivity contribution in [2.75, 3.05) is 13.1 Å². The van der Waals surface area contributed by atoms with E-state index in [0.717, 1.165) is 13.0 Å². The Kier molecular flexibility index (Phi) is 3.68. The number of fused-ring (bicyclic) bond motifs is 1. The molecular formula is C16H16FNOS. The highest BCUT2D eigenvalue weighted by Gasteiger charge is 2.26. The van der Waals surface area contributed by atoms with Gasteiger partial charge in [-0.1, -0.05) is 12.1 Å². The van der Waals surface area contributed by atoms with Crippen molar-refractivity contribution < 1.29 is 9.18 Å². The van der Waals surface area contributed by atoms with Gasteiger partial charge in [0.2, 0.25) is 0 Å². The van der Waals surface area contributed by atoms with Crippen LogP contribution in [0.25, 0.3) is 0 Å². The summed E-state index contributed by atoms with van der Waals surface area (Å²) in [6.07, 6.45) is 0.974. The Balaban J connectivity index is 1.76. The average Bonchev–Trinajstić information content (AvgIpc) is 2.91. The Morgan fingerprint density at radius 1 is 1.40 bits per heavy atom. The van der Waals surface area contributed by atoms with Gasteiger partial charge >= 0.3 is 0 Å². The Labute approximate surface area is 121 Å². The van der Waals surface area contributed by atoms with Gasteiger partial charge in [-0.3, -0.25) is 9.69 Å². The van der Waals surface area contributed by atoms with Gasteiger partial charge in [0.15, 0.2) is 5.78 Å². The van der Waals surface area contributed by atoms with Gasteiger partial charge < -0.3 is 0 Å². The first-order chi connectivity index (χ1) is 9.66. The molecular weight excluding hydrogens is 273 g/mol. The highest BCUT2D eigenvalue weighted by Crippen LogP contribution is 2.32. The Morgan fingerprint density at radius 2 is 2.20 bits per heavy atom. The zero-order chi connectivity index (χ0) is 14.1. The first kappa shape index (κ1) is 13.5. The van der Waals surface area contributed by atoms with Crippen LogP contribution in [0.2, 0.25) is 0 Å². The molecule has 0 saturated carbocycles. The van der Waals surface area contributed by atoms with Crippen molar-refractivity contribution in [3.63, 3.8) is 0 Å². The van der Waals surface area contributed by atoms with Crippen molar-refractivity contribution in [3.05, 3.63) is 57.5 Å². The number of benzene rings is 1. The van der Waals surface area contributed by atoms with E-state index >= 15 is 0 Å². The molecule has 1 aromatic heterocycles. The topological polar surface area (TPSA) is 20.3 Å². The second kappa shape index (κ2) is 5.46. The minimum absolute atomic E-state index is 0.145. The SMILES string of the molecule is CC1c2ccsc2CCN1CC(=O)c1ccccc1F. The molecule has 20 heavy (non-hydrogen) atoms. The van der Waals surface area contributed by atoms with Gasteiger partial charge in [0.05, 0.1) is 12.1 Å². The fourth-order valence-electron chi connectivity index (χ4n) is 2.73. The van der Waals surface area contributed by atoms with E-state index in [2.05, 4.69) is 23.3 Å². The Morgan fingerprint density at radius 3 is 3.00 bits per heavy atom. The molecule has 1 aliphatic rings. The van der Waals surface area contributed by atoms with Crippen molar-refractivity contribution in [3.8, 4) is 0 Å². The number of carbonyl (C=O) groups excluding carboxylic acids is 1. The minimum Gasteiger partial charge on any atom is -0.293 e. The summed E-state index contributed by atoms with van der Waals surface area (Å²) < 4.78 is 13.6. The van der Waals surface area contributed by atoms with Gasteiger partial charge in [0.1, 0.15) is 5.82 Å². The van der Waals surface area contributed by atoms with Crippen LogP contribution < -0.4 is 0 Å². The predicted molar refractivity (Wildman–Crippen MR) is 78.7 cm³/mol. The second-order valence-electron chi connectivity index (χ2n) is 5.10. The predicted octanol–water partition coefficient (Wildman–Crippen LogP) is 3.69. The van der Waals surface area contributed by atoms with Crippen LogP contribution in [-0.2, 0) is 6.42 Å². The molecule has 0 fully saturated rings. The molecule has 0 N–H and O–H groups in total. The molecule has 2 aromatic rings. The lowest BCUT2D eigenvalue weighted by molar-refractivity contribution is 0.0887. The average molecular weight is 289 g/mol. The number of nitrogens with zero attached hydrogens (tertiary/aromatic N) is 1. The molecule has 2 heterocycles. The van der Waals surface area contributed by atoms with E-state index < -0.39 is 5.82 Å². The number of halogens is 1. The van der Waals surface area contributed by atoms with Crippen LogP contribution >= 0.6 is 11.3 Å². The number of ketones is 1. The standard InChI is InChI=1S/C16H16FNOS/c1-11-12-7-9-20-16(12)6-8-18(11)10-15(19)13-4-2-3-5-14(13)17/h2-5,7,9,11H,6,8,10H2,1H3. The summed E-state index contributed by atoms with van der Waals surface area (Å²) in [6.45, 7) is 3.24. The second-order valence-corrected chi connectivity index (χ2v) is 6.10. The molecule has 4 heteroatoms. The van der Waals surface area contributed by atoms with Crippen LogP contribution in [0.15, 0.2) is 35.7 Å². The van der Waals surface area contributed by atoms with E-state index in [-0.39, 0.29) is 23.9 Å². The van der Waals surface area contributed by atoms with Crippen molar-refractivity contribution in [1.29, 1.82) is 0 Å². The number of thiophene rings is 1. The molecule has 1 aromatic carbocycles. The maximum absolute atomic E-state index is 13.6. The lowest BCUT2D eigenvalue weighted by Crippen LogP contribution is -2.37. The molecule has 0 aliphatic carbocycles. The highest BCUT2D eigenvalue weighted by atomic mass is 32.1. The molecule has 1 unspecified atom stereocenters. The molecule has 1 atom stereocenters. The monoisotopic (exact) mass is 289 g/mol. The normalized spacial score (nSPS) is 18.8. The molecule has 0 saturated heterocycles. The summed E-state index contributed by atoms with van der Waals surface area (Å²) in [4.78, 5) is 15.8. The largest absolute Gasteiger partial charge is 0.293 e. The molecule has 0 radical (unpaired) electrons. The molecule has 0 bridgehead atoms. The zero-order valence-corrected chi connectivity index (χ0v) is 12.1. The lowest BCUT2D eigenvalue weighted by Gasteiger charge is -2.32. The van der Waals surface area contributed by atoms with Gasteiger partial charge in [-0.05, 0) is 42.5 Å². The van der Waals surface area contributed by atoms with E-state index in [1.807, 2.05) is 0 Å². The molecule has 3 rings (SSSR count). The fourth-order valence-corrected chi connectivity index (χ4v) is 3.70. The summed E-state index contributed by atoms with van der Waals surface area (Å²) in [5.41, 5.74) is 1.50. The van der Waals surface area contributed by atoms with Crippen LogP contribution in [-0.4, -0.2) is 23.8 Å². The van der Waals surface area contributed by atoms with Crippen LogP contribution in [0.4, 0.5) is 4.39 Å². The maximum Gasteiger partial charge on any atom is 0.179 e. The van der Waals surface area contributed by atoms with Crippen molar-refractivity contribution in [1.82, 2.24) is 4.90 Å². The summed E-state index contributed by atoms with van der Waals surface area (Å²) in [5.74, 6) is -0.577. The smallest absolute Gasteiger partial charge is 0.179 e. The van der Waals surface area contributed by atoms with Crippen LogP contribution in [0.1, 0.15) is 33.8 Å². The Bertz CT molecular complexity index is 637. The third-order valence-corrected chi connectivity index (χ3v) is 4.92. The first-order valence-electron chi connectivity index (χ1n) is 6.75. The third-order valence-electron chi connectivity index (χ3n) is 3.92. The van der Waals surface area contributed by atoms with Gasteiger partial charge in [0.25, 0.3) is 0 Å². The van der Waals surface area contributed by atoms with Gasteiger partial charge in [0, 0.05) is 17.5 Å². The fraction of sp³-hybridized carbons (Fsp3) is 0.312. The summed E-state index contributed by atoms with van der Waals surface area (Å²) in [7, 11) is 0. The number of rotatable bonds is 3. The van der Waals surface area contributed by atoms with Gasteiger partial charge in [-0.25, -0.2) is 4.39 Å². The first-order valence-corrected chi connectivity index (χ1v) is 7.63. The van der Waals surface area contributed by atoms with E-state index in [4.69, 9.17) is 0 Å².